The maximum Gasteiger partial charge on any atom is 0.124 e. The Morgan fingerprint density at radius 1 is 1.64 bits per heavy atom. The summed E-state index contributed by atoms with van der Waals surface area (Å²) >= 11 is 0. The van der Waals surface area contributed by atoms with Gasteiger partial charge in [-0.15, -0.1) is 0 Å². The average molecular weight is 154 g/mol. The van der Waals surface area contributed by atoms with Gasteiger partial charge in [-0.1, -0.05) is 18.5 Å². The molecule has 1 saturated carbocycles. The minimum atomic E-state index is 0.238. The van der Waals surface area contributed by atoms with E-state index in [1.165, 1.54) is 19.3 Å². The van der Waals surface area contributed by atoms with Crippen molar-refractivity contribution in [2.75, 3.05) is 0 Å². The van der Waals surface area contributed by atoms with Crippen LogP contribution in [0.1, 0.15) is 39.5 Å². The zero-order valence-electron chi connectivity index (χ0n) is 7.34. The molecule has 1 aliphatic rings. The molecule has 1 unspecified atom stereocenters. The van der Waals surface area contributed by atoms with Gasteiger partial charge in [0.1, 0.15) is 12.3 Å². The summed E-state index contributed by atoms with van der Waals surface area (Å²) in [7, 11) is 0. The van der Waals surface area contributed by atoms with E-state index >= 15 is 0 Å². The predicted molar refractivity (Wildman–Crippen MR) is 45.6 cm³/mol. The molecule has 1 rings (SSSR count). The van der Waals surface area contributed by atoms with Gasteiger partial charge in [-0.05, 0) is 26.2 Å². The van der Waals surface area contributed by atoms with Gasteiger partial charge in [0.2, 0.25) is 0 Å². The van der Waals surface area contributed by atoms with Crippen molar-refractivity contribution in [3.05, 3.63) is 0 Å². The molecule has 0 heterocycles. The fraction of sp³-hybridized carbons (Fsp3) is 0.889. The van der Waals surface area contributed by atoms with Gasteiger partial charge in [0.25, 0.3) is 0 Å². The zero-order valence-corrected chi connectivity index (χ0v) is 7.34. The molecule has 0 aromatic heterocycles. The van der Waals surface area contributed by atoms with Crippen molar-refractivity contribution < 1.29 is 4.84 Å². The molecule has 0 aromatic carbocycles. The van der Waals surface area contributed by atoms with Gasteiger partial charge in [0.05, 0.1) is 0 Å². The summed E-state index contributed by atoms with van der Waals surface area (Å²) in [5, 5.41) is 3.81. The standard InChI is InChI=1S/C9H16NO/c1-3-8(2)11-10-7-9-5-4-6-9/h8-9H,3-6H2,1-2H3. The number of nitrogens with zero attached hydrogens (tertiary/aromatic N) is 1. The van der Waals surface area contributed by atoms with Crippen molar-refractivity contribution in [1.29, 1.82) is 0 Å². The molecular weight excluding hydrogens is 138 g/mol. The Labute approximate surface area is 68.6 Å². The van der Waals surface area contributed by atoms with E-state index in [4.69, 9.17) is 4.84 Å². The number of hydrogen-bond acceptors (Lipinski definition) is 2. The van der Waals surface area contributed by atoms with E-state index in [1.54, 1.807) is 0 Å². The molecule has 0 amide bonds. The topological polar surface area (TPSA) is 21.6 Å². The second-order valence-corrected chi connectivity index (χ2v) is 3.17. The average Bonchev–Trinajstić information content (AvgIpc) is 1.94. The lowest BCUT2D eigenvalue weighted by Crippen LogP contribution is -2.12. The summed E-state index contributed by atoms with van der Waals surface area (Å²) in [5.74, 6) is 0.582. The van der Waals surface area contributed by atoms with Gasteiger partial charge in [-0.2, -0.15) is 0 Å². The highest BCUT2D eigenvalue weighted by atomic mass is 16.6. The summed E-state index contributed by atoms with van der Waals surface area (Å²) in [6.07, 6.45) is 8.05. The van der Waals surface area contributed by atoms with Crippen LogP contribution in [0, 0.1) is 5.92 Å². The van der Waals surface area contributed by atoms with Crippen molar-refractivity contribution in [3.8, 4) is 0 Å². The smallest absolute Gasteiger partial charge is 0.124 e. The Bertz CT molecular complexity index is 130. The summed E-state index contributed by atoms with van der Waals surface area (Å²) in [5.41, 5.74) is 0. The van der Waals surface area contributed by atoms with E-state index in [1.807, 2.05) is 6.92 Å². The summed E-state index contributed by atoms with van der Waals surface area (Å²) in [4.78, 5) is 5.11. The minimum absolute atomic E-state index is 0.238. The van der Waals surface area contributed by atoms with Crippen LogP contribution in [-0.2, 0) is 4.84 Å². The van der Waals surface area contributed by atoms with Gasteiger partial charge in [-0.3, -0.25) is 0 Å². The first-order valence-electron chi connectivity index (χ1n) is 4.44. The molecule has 1 atom stereocenters. The van der Waals surface area contributed by atoms with E-state index in [0.29, 0.717) is 5.92 Å². The maximum absolute atomic E-state index is 5.11. The van der Waals surface area contributed by atoms with Crippen LogP contribution in [0.2, 0.25) is 0 Å². The van der Waals surface area contributed by atoms with Crippen LogP contribution in [0.4, 0.5) is 0 Å². The summed E-state index contributed by atoms with van der Waals surface area (Å²) < 4.78 is 0. The normalized spacial score (nSPS) is 21.6. The van der Waals surface area contributed by atoms with Crippen LogP contribution in [-0.4, -0.2) is 12.3 Å². The Morgan fingerprint density at radius 3 is 2.82 bits per heavy atom. The molecule has 0 bridgehead atoms. The van der Waals surface area contributed by atoms with E-state index in [-0.39, 0.29) is 6.10 Å². The molecular formula is C9H16NO. The van der Waals surface area contributed by atoms with Crippen LogP contribution in [0.15, 0.2) is 5.16 Å². The molecule has 0 aliphatic heterocycles. The van der Waals surface area contributed by atoms with Gasteiger partial charge >= 0.3 is 0 Å². The van der Waals surface area contributed by atoms with Gasteiger partial charge in [-0.25, -0.2) is 0 Å². The number of rotatable bonds is 4. The van der Waals surface area contributed by atoms with Crippen molar-refractivity contribution in [3.63, 3.8) is 0 Å². The molecule has 1 radical (unpaired) electrons. The lowest BCUT2D eigenvalue weighted by molar-refractivity contribution is 0.0695. The Morgan fingerprint density at radius 2 is 2.36 bits per heavy atom. The maximum atomic E-state index is 5.11. The first kappa shape index (κ1) is 8.57. The molecule has 0 spiro atoms. The largest absolute Gasteiger partial charge is 0.393 e. The monoisotopic (exact) mass is 154 g/mol. The first-order chi connectivity index (χ1) is 5.33. The van der Waals surface area contributed by atoms with Crippen molar-refractivity contribution >= 4 is 6.21 Å². The van der Waals surface area contributed by atoms with E-state index in [0.717, 1.165) is 6.42 Å². The first-order valence-corrected chi connectivity index (χ1v) is 4.44. The van der Waals surface area contributed by atoms with Crippen molar-refractivity contribution in [2.45, 2.75) is 45.6 Å². The fourth-order valence-corrected chi connectivity index (χ4v) is 0.807. The zero-order chi connectivity index (χ0) is 8.10. The van der Waals surface area contributed by atoms with Crippen LogP contribution in [0.5, 0.6) is 0 Å². The molecule has 0 N–H and O–H groups in total. The minimum Gasteiger partial charge on any atom is -0.393 e. The summed E-state index contributed by atoms with van der Waals surface area (Å²) in [6.45, 7) is 4.11. The molecule has 1 fully saturated rings. The highest BCUT2D eigenvalue weighted by Crippen LogP contribution is 2.24. The van der Waals surface area contributed by atoms with Crippen LogP contribution in [0.3, 0.4) is 0 Å². The predicted octanol–water partition coefficient (Wildman–Crippen LogP) is 2.46. The molecule has 0 aromatic rings. The Balaban J connectivity index is 2.04. The van der Waals surface area contributed by atoms with Crippen LogP contribution < -0.4 is 0 Å². The van der Waals surface area contributed by atoms with Crippen molar-refractivity contribution in [2.24, 2.45) is 11.1 Å². The van der Waals surface area contributed by atoms with E-state index < -0.39 is 0 Å². The van der Waals surface area contributed by atoms with Gasteiger partial charge in [0, 0.05) is 5.92 Å². The molecule has 11 heavy (non-hydrogen) atoms. The van der Waals surface area contributed by atoms with Crippen molar-refractivity contribution in [1.82, 2.24) is 0 Å². The third kappa shape index (κ3) is 2.91. The van der Waals surface area contributed by atoms with Crippen LogP contribution in [0.25, 0.3) is 0 Å². The SMILES string of the molecule is CCC(C)O/N=[C]/C1CCC1. The van der Waals surface area contributed by atoms with Gasteiger partial charge < -0.3 is 4.84 Å². The van der Waals surface area contributed by atoms with Gasteiger partial charge in [0.15, 0.2) is 0 Å². The highest BCUT2D eigenvalue weighted by Gasteiger charge is 2.15. The second-order valence-electron chi connectivity index (χ2n) is 3.17. The highest BCUT2D eigenvalue weighted by molar-refractivity contribution is 5.60. The lowest BCUT2D eigenvalue weighted by atomic mass is 9.87. The van der Waals surface area contributed by atoms with Crippen LogP contribution >= 0.6 is 0 Å². The Hall–Kier alpha value is -0.530. The number of hydrogen-bond donors (Lipinski definition) is 0. The third-order valence-electron chi connectivity index (χ3n) is 2.15. The van der Waals surface area contributed by atoms with E-state index in [2.05, 4.69) is 18.3 Å². The third-order valence-corrected chi connectivity index (χ3v) is 2.15. The molecule has 2 nitrogen and oxygen atoms in total. The molecule has 0 saturated heterocycles. The fourth-order valence-electron chi connectivity index (χ4n) is 0.807. The molecule has 63 valence electrons. The lowest BCUT2D eigenvalue weighted by Gasteiger charge is -2.19. The summed E-state index contributed by atoms with van der Waals surface area (Å²) in [6, 6.07) is 0. The quantitative estimate of drug-likeness (QED) is 0.450. The molecule has 1 aliphatic carbocycles. The van der Waals surface area contributed by atoms with E-state index in [9.17, 15) is 0 Å². The Kier molecular flexibility index (Phi) is 3.40. The second kappa shape index (κ2) is 4.37. The molecule has 2 heteroatoms.